The minimum Gasteiger partial charge on any atom is -0.497 e. The Balaban J connectivity index is 2.17. The molecule has 0 saturated carbocycles. The van der Waals surface area contributed by atoms with Gasteiger partial charge in [0.05, 0.1) is 19.9 Å². The van der Waals surface area contributed by atoms with Crippen LogP contribution in [0.15, 0.2) is 42.5 Å². The maximum absolute atomic E-state index is 6.03. The number of benzene rings is 2. The number of hydrogen-bond donors (Lipinski definition) is 1. The predicted octanol–water partition coefficient (Wildman–Crippen LogP) is 4.53. The van der Waals surface area contributed by atoms with Crippen LogP contribution in [0.4, 0.5) is 5.69 Å². The van der Waals surface area contributed by atoms with E-state index in [0.717, 1.165) is 22.7 Å². The maximum atomic E-state index is 6.03. The molecule has 0 aromatic heterocycles. The van der Waals surface area contributed by atoms with E-state index in [0.29, 0.717) is 5.02 Å². The van der Waals surface area contributed by atoms with Crippen LogP contribution in [0, 0.1) is 0 Å². The van der Waals surface area contributed by atoms with Crippen molar-refractivity contribution in [3.8, 4) is 11.5 Å². The SMILES string of the molecule is COc1ccc(C(C)Nc2cc(Cl)ccc2OC)cc1. The molecule has 2 aromatic rings. The van der Waals surface area contributed by atoms with Gasteiger partial charge in [0, 0.05) is 11.1 Å². The van der Waals surface area contributed by atoms with Crippen LogP contribution < -0.4 is 14.8 Å². The molecule has 20 heavy (non-hydrogen) atoms. The van der Waals surface area contributed by atoms with Crippen LogP contribution in [0.3, 0.4) is 0 Å². The fourth-order valence-corrected chi connectivity index (χ4v) is 2.17. The van der Waals surface area contributed by atoms with E-state index < -0.39 is 0 Å². The Hall–Kier alpha value is -1.87. The normalized spacial score (nSPS) is 11.8. The lowest BCUT2D eigenvalue weighted by Crippen LogP contribution is -2.07. The van der Waals surface area contributed by atoms with Crippen molar-refractivity contribution in [2.45, 2.75) is 13.0 Å². The average molecular weight is 292 g/mol. The molecule has 3 nitrogen and oxygen atoms in total. The summed E-state index contributed by atoms with van der Waals surface area (Å²) in [7, 11) is 3.31. The summed E-state index contributed by atoms with van der Waals surface area (Å²) in [4.78, 5) is 0. The molecule has 0 heterocycles. The van der Waals surface area contributed by atoms with Gasteiger partial charge in [0.1, 0.15) is 11.5 Å². The molecule has 4 heteroatoms. The second-order valence-corrected chi connectivity index (χ2v) is 4.92. The van der Waals surface area contributed by atoms with E-state index >= 15 is 0 Å². The molecule has 0 saturated heterocycles. The fourth-order valence-electron chi connectivity index (χ4n) is 2.00. The molecule has 0 radical (unpaired) electrons. The van der Waals surface area contributed by atoms with Gasteiger partial charge >= 0.3 is 0 Å². The molecule has 1 unspecified atom stereocenters. The number of methoxy groups -OCH3 is 2. The van der Waals surface area contributed by atoms with Crippen molar-refractivity contribution >= 4 is 17.3 Å². The van der Waals surface area contributed by atoms with Gasteiger partial charge in [0.2, 0.25) is 0 Å². The van der Waals surface area contributed by atoms with E-state index in [1.165, 1.54) is 0 Å². The van der Waals surface area contributed by atoms with E-state index in [9.17, 15) is 0 Å². The molecular weight excluding hydrogens is 274 g/mol. The molecule has 0 fully saturated rings. The second kappa shape index (κ2) is 6.53. The van der Waals surface area contributed by atoms with Crippen molar-refractivity contribution in [2.75, 3.05) is 19.5 Å². The van der Waals surface area contributed by atoms with Crippen LogP contribution in [-0.2, 0) is 0 Å². The van der Waals surface area contributed by atoms with Gasteiger partial charge < -0.3 is 14.8 Å². The predicted molar refractivity (Wildman–Crippen MR) is 83.0 cm³/mol. The van der Waals surface area contributed by atoms with Crippen LogP contribution in [0.1, 0.15) is 18.5 Å². The number of ether oxygens (including phenoxy) is 2. The molecule has 2 aromatic carbocycles. The first kappa shape index (κ1) is 14.5. The summed E-state index contributed by atoms with van der Waals surface area (Å²) in [5.41, 5.74) is 2.04. The van der Waals surface area contributed by atoms with Gasteiger partial charge in [-0.25, -0.2) is 0 Å². The number of rotatable bonds is 5. The Labute approximate surface area is 124 Å². The first-order chi connectivity index (χ1) is 9.63. The third kappa shape index (κ3) is 3.36. The lowest BCUT2D eigenvalue weighted by molar-refractivity contribution is 0.414. The van der Waals surface area contributed by atoms with E-state index in [-0.39, 0.29) is 6.04 Å². The highest BCUT2D eigenvalue weighted by molar-refractivity contribution is 6.30. The summed E-state index contributed by atoms with van der Waals surface area (Å²) >= 11 is 6.03. The molecule has 0 spiro atoms. The Morgan fingerprint density at radius 3 is 2.30 bits per heavy atom. The number of nitrogens with one attached hydrogen (secondary N) is 1. The van der Waals surface area contributed by atoms with Crippen molar-refractivity contribution in [1.29, 1.82) is 0 Å². The summed E-state index contributed by atoms with van der Waals surface area (Å²) in [5, 5.41) is 4.08. The second-order valence-electron chi connectivity index (χ2n) is 4.48. The van der Waals surface area contributed by atoms with Crippen LogP contribution in [0.5, 0.6) is 11.5 Å². The average Bonchev–Trinajstić information content (AvgIpc) is 2.47. The van der Waals surface area contributed by atoms with Gasteiger partial charge in [0.25, 0.3) is 0 Å². The molecule has 0 aliphatic heterocycles. The molecule has 0 aliphatic rings. The smallest absolute Gasteiger partial charge is 0.142 e. The van der Waals surface area contributed by atoms with Gasteiger partial charge in [-0.2, -0.15) is 0 Å². The molecular formula is C16H18ClNO2. The Kier molecular flexibility index (Phi) is 4.74. The van der Waals surface area contributed by atoms with Crippen molar-refractivity contribution < 1.29 is 9.47 Å². The first-order valence-electron chi connectivity index (χ1n) is 6.38. The Morgan fingerprint density at radius 2 is 1.70 bits per heavy atom. The Bertz CT molecular complexity index is 569. The van der Waals surface area contributed by atoms with E-state index in [4.69, 9.17) is 21.1 Å². The number of halogens is 1. The molecule has 1 atom stereocenters. The van der Waals surface area contributed by atoms with Crippen LogP contribution >= 0.6 is 11.6 Å². The fraction of sp³-hybridized carbons (Fsp3) is 0.250. The lowest BCUT2D eigenvalue weighted by atomic mass is 10.1. The summed E-state index contributed by atoms with van der Waals surface area (Å²) in [6.45, 7) is 2.09. The van der Waals surface area contributed by atoms with Crippen LogP contribution in [-0.4, -0.2) is 14.2 Å². The number of anilines is 1. The van der Waals surface area contributed by atoms with Gasteiger partial charge in [-0.3, -0.25) is 0 Å². The van der Waals surface area contributed by atoms with E-state index in [1.807, 2.05) is 42.5 Å². The quantitative estimate of drug-likeness (QED) is 0.878. The largest absolute Gasteiger partial charge is 0.497 e. The molecule has 1 N–H and O–H groups in total. The topological polar surface area (TPSA) is 30.5 Å². The lowest BCUT2D eigenvalue weighted by Gasteiger charge is -2.18. The van der Waals surface area contributed by atoms with Crippen molar-refractivity contribution in [1.82, 2.24) is 0 Å². The van der Waals surface area contributed by atoms with Crippen molar-refractivity contribution in [2.24, 2.45) is 0 Å². The molecule has 106 valence electrons. The van der Waals surface area contributed by atoms with Gasteiger partial charge in [0.15, 0.2) is 0 Å². The Morgan fingerprint density at radius 1 is 1.00 bits per heavy atom. The zero-order valence-electron chi connectivity index (χ0n) is 11.8. The summed E-state index contributed by atoms with van der Waals surface area (Å²) in [6, 6.07) is 13.6. The standard InChI is InChI=1S/C16H18ClNO2/c1-11(12-4-7-14(19-2)8-5-12)18-15-10-13(17)6-9-16(15)20-3/h4-11,18H,1-3H3. The van der Waals surface area contributed by atoms with Crippen LogP contribution in [0.2, 0.25) is 5.02 Å². The third-order valence-electron chi connectivity index (χ3n) is 3.15. The minimum atomic E-state index is 0.133. The zero-order chi connectivity index (χ0) is 14.5. The first-order valence-corrected chi connectivity index (χ1v) is 6.76. The molecule has 2 rings (SSSR count). The summed E-state index contributed by atoms with van der Waals surface area (Å²) in [5.74, 6) is 1.62. The van der Waals surface area contributed by atoms with Gasteiger partial charge in [-0.1, -0.05) is 23.7 Å². The van der Waals surface area contributed by atoms with Crippen LogP contribution in [0.25, 0.3) is 0 Å². The highest BCUT2D eigenvalue weighted by Gasteiger charge is 2.09. The number of hydrogen-bond acceptors (Lipinski definition) is 3. The summed E-state index contributed by atoms with van der Waals surface area (Å²) in [6.07, 6.45) is 0. The monoisotopic (exact) mass is 291 g/mol. The summed E-state index contributed by atoms with van der Waals surface area (Å²) < 4.78 is 10.5. The van der Waals surface area contributed by atoms with Crippen molar-refractivity contribution in [3.05, 3.63) is 53.1 Å². The molecule has 0 amide bonds. The third-order valence-corrected chi connectivity index (χ3v) is 3.38. The minimum absolute atomic E-state index is 0.133. The highest BCUT2D eigenvalue weighted by Crippen LogP contribution is 2.31. The highest BCUT2D eigenvalue weighted by atomic mass is 35.5. The van der Waals surface area contributed by atoms with Gasteiger partial charge in [-0.15, -0.1) is 0 Å². The maximum Gasteiger partial charge on any atom is 0.142 e. The molecule has 0 bridgehead atoms. The van der Waals surface area contributed by atoms with Crippen molar-refractivity contribution in [3.63, 3.8) is 0 Å². The van der Waals surface area contributed by atoms with E-state index in [1.54, 1.807) is 14.2 Å². The zero-order valence-corrected chi connectivity index (χ0v) is 12.6. The van der Waals surface area contributed by atoms with Gasteiger partial charge in [-0.05, 0) is 42.8 Å². The van der Waals surface area contributed by atoms with E-state index in [2.05, 4.69) is 12.2 Å². The molecule has 0 aliphatic carbocycles.